The highest BCUT2D eigenvalue weighted by atomic mass is 35.5. The predicted molar refractivity (Wildman–Crippen MR) is 83.8 cm³/mol. The first-order chi connectivity index (χ1) is 10.8. The van der Waals surface area contributed by atoms with Crippen LogP contribution in [0.2, 0.25) is 5.15 Å². The summed E-state index contributed by atoms with van der Waals surface area (Å²) < 4.78 is 11.3. The summed E-state index contributed by atoms with van der Waals surface area (Å²) in [5, 5.41) is 0.422. The first-order valence-electron chi connectivity index (χ1n) is 7.45. The van der Waals surface area contributed by atoms with Crippen molar-refractivity contribution in [1.82, 2.24) is 9.97 Å². The van der Waals surface area contributed by atoms with Crippen molar-refractivity contribution in [1.29, 1.82) is 0 Å². The lowest BCUT2D eigenvalue weighted by molar-refractivity contribution is 0.171. The summed E-state index contributed by atoms with van der Waals surface area (Å²) >= 11 is 5.98. The van der Waals surface area contributed by atoms with E-state index in [1.165, 1.54) is 5.56 Å². The number of benzene rings is 1. The number of ether oxygens (including phenoxy) is 2. The molecular formula is C16H16ClN3O2. The highest BCUT2D eigenvalue weighted by molar-refractivity contribution is 6.29. The second kappa shape index (κ2) is 5.65. The predicted octanol–water partition coefficient (Wildman–Crippen LogP) is 3.24. The van der Waals surface area contributed by atoms with E-state index < -0.39 is 0 Å². The van der Waals surface area contributed by atoms with Crippen LogP contribution >= 0.6 is 11.6 Å². The van der Waals surface area contributed by atoms with Gasteiger partial charge in [0.05, 0.1) is 18.4 Å². The first kappa shape index (κ1) is 13.6. The first-order valence-corrected chi connectivity index (χ1v) is 7.83. The lowest BCUT2D eigenvalue weighted by Gasteiger charge is -2.27. The molecule has 1 saturated heterocycles. The van der Waals surface area contributed by atoms with Gasteiger partial charge < -0.3 is 14.4 Å². The highest BCUT2D eigenvalue weighted by Crippen LogP contribution is 2.39. The molecule has 3 heterocycles. The Hall–Kier alpha value is -2.01. The molecule has 1 fully saturated rings. The quantitative estimate of drug-likeness (QED) is 0.851. The van der Waals surface area contributed by atoms with Crippen LogP contribution in [0.3, 0.4) is 0 Å². The molecule has 0 saturated carbocycles. The molecule has 5 nitrogen and oxygen atoms in total. The standard InChI is InChI=1S/C16H16ClN3O2/c17-15-9-18-10-16(19-15)20-5-1-2-12(20)11-3-4-13-14(8-11)22-7-6-21-13/h3-4,8-10,12H,1-2,5-7H2/t12-/m0/s1. The largest absolute Gasteiger partial charge is 0.486 e. The lowest BCUT2D eigenvalue weighted by Crippen LogP contribution is -2.24. The zero-order chi connectivity index (χ0) is 14.9. The Kier molecular flexibility index (Phi) is 3.50. The van der Waals surface area contributed by atoms with Gasteiger partial charge in [-0.1, -0.05) is 17.7 Å². The van der Waals surface area contributed by atoms with Gasteiger partial charge in [0.25, 0.3) is 0 Å². The molecule has 2 aliphatic heterocycles. The Morgan fingerprint density at radius 1 is 1.14 bits per heavy atom. The average molecular weight is 318 g/mol. The Bertz CT molecular complexity index is 695. The van der Waals surface area contributed by atoms with E-state index in [9.17, 15) is 0 Å². The van der Waals surface area contributed by atoms with Crippen LogP contribution in [-0.2, 0) is 0 Å². The maximum Gasteiger partial charge on any atom is 0.161 e. The van der Waals surface area contributed by atoms with Gasteiger partial charge in [0, 0.05) is 6.54 Å². The number of aromatic nitrogens is 2. The van der Waals surface area contributed by atoms with Crippen LogP contribution in [0.1, 0.15) is 24.4 Å². The molecule has 6 heteroatoms. The van der Waals surface area contributed by atoms with Gasteiger partial charge in [-0.3, -0.25) is 4.98 Å². The average Bonchev–Trinajstić information content (AvgIpc) is 3.04. The molecule has 0 bridgehead atoms. The summed E-state index contributed by atoms with van der Waals surface area (Å²) in [5.41, 5.74) is 1.21. The SMILES string of the molecule is Clc1cncc(N2CCC[C@H]2c2ccc3c(c2)OCCO3)n1. The number of nitrogens with zero attached hydrogens (tertiary/aromatic N) is 3. The van der Waals surface area contributed by atoms with Crippen LogP contribution in [-0.4, -0.2) is 29.7 Å². The van der Waals surface area contributed by atoms with Crippen LogP contribution in [0.15, 0.2) is 30.6 Å². The molecule has 1 aromatic carbocycles. The maximum absolute atomic E-state index is 5.98. The Morgan fingerprint density at radius 2 is 2.00 bits per heavy atom. The molecular weight excluding hydrogens is 302 g/mol. The molecule has 0 aliphatic carbocycles. The fourth-order valence-electron chi connectivity index (χ4n) is 3.13. The van der Waals surface area contributed by atoms with E-state index in [0.29, 0.717) is 18.4 Å². The molecule has 0 amide bonds. The van der Waals surface area contributed by atoms with Crippen LogP contribution in [0.5, 0.6) is 11.5 Å². The number of rotatable bonds is 2. The summed E-state index contributed by atoms with van der Waals surface area (Å²) in [6.45, 7) is 2.17. The highest BCUT2D eigenvalue weighted by Gasteiger charge is 2.28. The van der Waals surface area contributed by atoms with E-state index in [4.69, 9.17) is 21.1 Å². The summed E-state index contributed by atoms with van der Waals surface area (Å²) in [6.07, 6.45) is 5.52. The van der Waals surface area contributed by atoms with E-state index in [0.717, 1.165) is 36.7 Å². The molecule has 0 radical (unpaired) electrons. The number of fused-ring (bicyclic) bond motifs is 1. The number of halogens is 1. The van der Waals surface area contributed by atoms with Gasteiger partial charge >= 0.3 is 0 Å². The van der Waals surface area contributed by atoms with Gasteiger partial charge in [-0.2, -0.15) is 0 Å². The summed E-state index contributed by atoms with van der Waals surface area (Å²) in [5.74, 6) is 2.47. The molecule has 1 aromatic heterocycles. The van der Waals surface area contributed by atoms with Gasteiger partial charge in [-0.05, 0) is 30.5 Å². The van der Waals surface area contributed by atoms with E-state index in [2.05, 4.69) is 27.0 Å². The summed E-state index contributed by atoms with van der Waals surface area (Å²) in [7, 11) is 0. The van der Waals surface area contributed by atoms with Crippen molar-refractivity contribution >= 4 is 17.4 Å². The molecule has 2 aromatic rings. The number of anilines is 1. The number of hydrogen-bond acceptors (Lipinski definition) is 5. The maximum atomic E-state index is 5.98. The monoisotopic (exact) mass is 317 g/mol. The van der Waals surface area contributed by atoms with Crippen molar-refractivity contribution in [2.24, 2.45) is 0 Å². The molecule has 114 valence electrons. The second-order valence-electron chi connectivity index (χ2n) is 5.45. The Labute approximate surface area is 133 Å². The van der Waals surface area contributed by atoms with Crippen molar-refractivity contribution in [2.45, 2.75) is 18.9 Å². The van der Waals surface area contributed by atoms with Gasteiger partial charge in [-0.15, -0.1) is 0 Å². The van der Waals surface area contributed by atoms with Crippen molar-refractivity contribution in [3.8, 4) is 11.5 Å². The van der Waals surface area contributed by atoms with Gasteiger partial charge in [0.2, 0.25) is 0 Å². The summed E-state index contributed by atoms with van der Waals surface area (Å²) in [4.78, 5) is 10.8. The van der Waals surface area contributed by atoms with Gasteiger partial charge in [0.1, 0.15) is 24.2 Å². The molecule has 2 aliphatic rings. The molecule has 0 unspecified atom stereocenters. The molecule has 4 rings (SSSR count). The van der Waals surface area contributed by atoms with Gasteiger partial charge in [-0.25, -0.2) is 4.98 Å². The zero-order valence-corrected chi connectivity index (χ0v) is 12.8. The van der Waals surface area contributed by atoms with Gasteiger partial charge in [0.15, 0.2) is 11.5 Å². The van der Waals surface area contributed by atoms with Crippen LogP contribution < -0.4 is 14.4 Å². The smallest absolute Gasteiger partial charge is 0.161 e. The fourth-order valence-corrected chi connectivity index (χ4v) is 3.27. The third kappa shape index (κ3) is 2.46. The van der Waals surface area contributed by atoms with E-state index in [1.54, 1.807) is 12.4 Å². The van der Waals surface area contributed by atoms with Crippen LogP contribution in [0.25, 0.3) is 0 Å². The minimum absolute atomic E-state index is 0.267. The van der Waals surface area contributed by atoms with Crippen molar-refractivity contribution in [3.05, 3.63) is 41.3 Å². The van der Waals surface area contributed by atoms with E-state index >= 15 is 0 Å². The van der Waals surface area contributed by atoms with E-state index in [1.807, 2.05) is 6.07 Å². The van der Waals surface area contributed by atoms with Crippen molar-refractivity contribution in [3.63, 3.8) is 0 Å². The van der Waals surface area contributed by atoms with Crippen molar-refractivity contribution < 1.29 is 9.47 Å². The molecule has 0 N–H and O–H groups in total. The Morgan fingerprint density at radius 3 is 2.86 bits per heavy atom. The fraction of sp³-hybridized carbons (Fsp3) is 0.375. The minimum atomic E-state index is 0.267. The normalized spacial score (nSPS) is 20.2. The number of hydrogen-bond donors (Lipinski definition) is 0. The zero-order valence-electron chi connectivity index (χ0n) is 12.0. The second-order valence-corrected chi connectivity index (χ2v) is 5.84. The molecule has 1 atom stereocenters. The third-order valence-corrected chi connectivity index (χ3v) is 4.27. The van der Waals surface area contributed by atoms with Crippen LogP contribution in [0.4, 0.5) is 5.82 Å². The Balaban J connectivity index is 1.66. The van der Waals surface area contributed by atoms with Crippen molar-refractivity contribution in [2.75, 3.05) is 24.7 Å². The minimum Gasteiger partial charge on any atom is -0.486 e. The molecule has 0 spiro atoms. The topological polar surface area (TPSA) is 47.5 Å². The molecule has 22 heavy (non-hydrogen) atoms. The third-order valence-electron chi connectivity index (χ3n) is 4.09. The van der Waals surface area contributed by atoms with E-state index in [-0.39, 0.29) is 6.04 Å². The van der Waals surface area contributed by atoms with Crippen LogP contribution in [0, 0.1) is 0 Å². The lowest BCUT2D eigenvalue weighted by atomic mass is 10.0. The summed E-state index contributed by atoms with van der Waals surface area (Å²) in [6, 6.07) is 6.44.